The predicted molar refractivity (Wildman–Crippen MR) is 120 cm³/mol. The molecule has 1 atom stereocenters. The summed E-state index contributed by atoms with van der Waals surface area (Å²) in [5, 5.41) is 4.89. The Kier molecular flexibility index (Phi) is 7.03. The van der Waals surface area contributed by atoms with Crippen molar-refractivity contribution in [2.75, 3.05) is 13.7 Å². The maximum absolute atomic E-state index is 13.1. The van der Waals surface area contributed by atoms with E-state index in [0.29, 0.717) is 31.0 Å². The van der Waals surface area contributed by atoms with Gasteiger partial charge in [0.15, 0.2) is 6.10 Å². The fourth-order valence-corrected chi connectivity index (χ4v) is 3.68. The molecule has 160 valence electrons. The summed E-state index contributed by atoms with van der Waals surface area (Å²) in [6.07, 6.45) is 0.870. The number of benzene rings is 2. The lowest BCUT2D eigenvalue weighted by molar-refractivity contribution is -0.135. The van der Waals surface area contributed by atoms with E-state index >= 15 is 0 Å². The highest BCUT2D eigenvalue weighted by Gasteiger charge is 2.29. The van der Waals surface area contributed by atoms with E-state index in [1.54, 1.807) is 7.11 Å². The zero-order valence-electron chi connectivity index (χ0n) is 18.0. The van der Waals surface area contributed by atoms with Crippen LogP contribution in [0.2, 0.25) is 5.02 Å². The van der Waals surface area contributed by atoms with Gasteiger partial charge in [-0.1, -0.05) is 67.9 Å². The minimum atomic E-state index is -0.203. The number of hydrogen-bond donors (Lipinski definition) is 0. The first-order chi connectivity index (χ1) is 14.2. The normalized spacial score (nSPS) is 16.0. The van der Waals surface area contributed by atoms with Crippen molar-refractivity contribution < 1.29 is 14.4 Å². The van der Waals surface area contributed by atoms with Crippen molar-refractivity contribution in [3.8, 4) is 5.75 Å². The van der Waals surface area contributed by atoms with Gasteiger partial charge in [0, 0.05) is 30.0 Å². The zero-order chi connectivity index (χ0) is 21.7. The van der Waals surface area contributed by atoms with Gasteiger partial charge < -0.3 is 14.5 Å². The molecule has 3 rings (SSSR count). The second-order valence-electron chi connectivity index (χ2n) is 8.81. The summed E-state index contributed by atoms with van der Waals surface area (Å²) in [6, 6.07) is 15.4. The maximum atomic E-state index is 13.1. The fraction of sp³-hybridized carbons (Fsp3) is 0.417. The van der Waals surface area contributed by atoms with Crippen LogP contribution in [0.15, 0.2) is 53.7 Å². The highest BCUT2D eigenvalue weighted by Crippen LogP contribution is 2.26. The van der Waals surface area contributed by atoms with E-state index in [4.69, 9.17) is 21.2 Å². The third kappa shape index (κ3) is 5.99. The van der Waals surface area contributed by atoms with Crippen LogP contribution in [0.1, 0.15) is 44.7 Å². The third-order valence-corrected chi connectivity index (χ3v) is 5.21. The number of hydrogen-bond acceptors (Lipinski definition) is 4. The lowest BCUT2D eigenvalue weighted by atomic mass is 9.91. The highest BCUT2D eigenvalue weighted by atomic mass is 35.5. The van der Waals surface area contributed by atoms with Crippen LogP contribution in [0.4, 0.5) is 0 Å². The number of carbonyl (C=O) groups is 1. The summed E-state index contributed by atoms with van der Waals surface area (Å²) < 4.78 is 5.33. The Morgan fingerprint density at radius 1 is 1.23 bits per heavy atom. The molecule has 0 aliphatic carbocycles. The van der Waals surface area contributed by atoms with Crippen LogP contribution in [0.5, 0.6) is 5.75 Å². The molecule has 1 aliphatic heterocycles. The SMILES string of the molecule is COc1cccc(CN(CC2CC(c3ccccc3Cl)=NO2)C(=O)CC(C)(C)C)c1. The van der Waals surface area contributed by atoms with Gasteiger partial charge in [0.25, 0.3) is 0 Å². The van der Waals surface area contributed by atoms with Crippen molar-refractivity contribution in [2.45, 2.75) is 46.3 Å². The molecule has 0 fully saturated rings. The Bertz CT molecular complexity index is 921. The number of oxime groups is 1. The average molecular weight is 429 g/mol. The second-order valence-corrected chi connectivity index (χ2v) is 9.22. The Morgan fingerprint density at radius 2 is 2.00 bits per heavy atom. The summed E-state index contributed by atoms with van der Waals surface area (Å²) in [6.45, 7) is 7.16. The van der Waals surface area contributed by atoms with E-state index in [1.165, 1.54) is 0 Å². The van der Waals surface area contributed by atoms with Crippen LogP contribution in [0.3, 0.4) is 0 Å². The molecule has 0 radical (unpaired) electrons. The van der Waals surface area contributed by atoms with Gasteiger partial charge in [0.1, 0.15) is 5.75 Å². The molecule has 5 nitrogen and oxygen atoms in total. The molecule has 0 spiro atoms. The molecule has 30 heavy (non-hydrogen) atoms. The van der Waals surface area contributed by atoms with Crippen LogP contribution in [0, 0.1) is 5.41 Å². The molecule has 0 bridgehead atoms. The molecule has 2 aromatic carbocycles. The Labute approximate surface area is 183 Å². The molecule has 2 aromatic rings. The summed E-state index contributed by atoms with van der Waals surface area (Å²) >= 11 is 6.30. The van der Waals surface area contributed by atoms with Gasteiger partial charge in [-0.2, -0.15) is 0 Å². The van der Waals surface area contributed by atoms with Gasteiger partial charge >= 0.3 is 0 Å². The lowest BCUT2D eigenvalue weighted by Crippen LogP contribution is -2.38. The summed E-state index contributed by atoms with van der Waals surface area (Å²) in [5.74, 6) is 0.872. The average Bonchev–Trinajstić information content (AvgIpc) is 3.15. The first-order valence-corrected chi connectivity index (χ1v) is 10.5. The molecule has 1 amide bonds. The van der Waals surface area contributed by atoms with Crippen molar-refractivity contribution in [1.29, 1.82) is 0 Å². The molecule has 0 aromatic heterocycles. The van der Waals surface area contributed by atoms with Crippen molar-refractivity contribution in [1.82, 2.24) is 4.90 Å². The second kappa shape index (κ2) is 9.52. The Hall–Kier alpha value is -2.53. The summed E-state index contributed by atoms with van der Waals surface area (Å²) in [7, 11) is 1.64. The van der Waals surface area contributed by atoms with Crippen LogP contribution >= 0.6 is 11.6 Å². The minimum Gasteiger partial charge on any atom is -0.497 e. The number of amides is 1. The molecule has 1 unspecified atom stereocenters. The molecule has 6 heteroatoms. The van der Waals surface area contributed by atoms with Gasteiger partial charge in [-0.25, -0.2) is 0 Å². The van der Waals surface area contributed by atoms with Crippen molar-refractivity contribution in [3.63, 3.8) is 0 Å². The van der Waals surface area contributed by atoms with E-state index in [9.17, 15) is 4.79 Å². The lowest BCUT2D eigenvalue weighted by Gasteiger charge is -2.28. The van der Waals surface area contributed by atoms with E-state index in [2.05, 4.69) is 25.9 Å². The predicted octanol–water partition coefficient (Wildman–Crippen LogP) is 5.31. The number of methoxy groups -OCH3 is 1. The van der Waals surface area contributed by atoms with Crippen LogP contribution < -0.4 is 4.74 Å². The van der Waals surface area contributed by atoms with Gasteiger partial charge in [-0.05, 0) is 29.2 Å². The van der Waals surface area contributed by atoms with Gasteiger partial charge in [-0.15, -0.1) is 0 Å². The number of halogens is 1. The minimum absolute atomic E-state index is 0.0973. The monoisotopic (exact) mass is 428 g/mol. The number of rotatable bonds is 7. The molecular weight excluding hydrogens is 400 g/mol. The molecular formula is C24H29ClN2O3. The number of nitrogens with zero attached hydrogens (tertiary/aromatic N) is 2. The Morgan fingerprint density at radius 3 is 2.70 bits per heavy atom. The van der Waals surface area contributed by atoms with Crippen molar-refractivity contribution in [3.05, 3.63) is 64.7 Å². The van der Waals surface area contributed by atoms with E-state index < -0.39 is 0 Å². The van der Waals surface area contributed by atoms with Crippen LogP contribution in [-0.4, -0.2) is 36.3 Å². The topological polar surface area (TPSA) is 51.1 Å². The molecule has 0 saturated heterocycles. The van der Waals surface area contributed by atoms with Gasteiger partial charge in [0.05, 0.1) is 19.4 Å². The van der Waals surface area contributed by atoms with Crippen LogP contribution in [-0.2, 0) is 16.2 Å². The molecule has 1 heterocycles. The molecule has 0 saturated carbocycles. The zero-order valence-corrected chi connectivity index (χ0v) is 18.8. The number of carbonyl (C=O) groups excluding carboxylic acids is 1. The van der Waals surface area contributed by atoms with Crippen molar-refractivity contribution >= 4 is 23.2 Å². The van der Waals surface area contributed by atoms with Crippen LogP contribution in [0.25, 0.3) is 0 Å². The fourth-order valence-electron chi connectivity index (χ4n) is 3.44. The van der Waals surface area contributed by atoms with Gasteiger partial charge in [0.2, 0.25) is 5.91 Å². The first-order valence-electron chi connectivity index (χ1n) is 10.1. The number of ether oxygens (including phenoxy) is 1. The third-order valence-electron chi connectivity index (χ3n) is 4.88. The smallest absolute Gasteiger partial charge is 0.223 e. The Balaban J connectivity index is 1.72. The van der Waals surface area contributed by atoms with E-state index in [-0.39, 0.29) is 17.4 Å². The van der Waals surface area contributed by atoms with Crippen molar-refractivity contribution in [2.24, 2.45) is 10.6 Å². The largest absolute Gasteiger partial charge is 0.497 e. The van der Waals surface area contributed by atoms with E-state index in [1.807, 2.05) is 53.4 Å². The van der Waals surface area contributed by atoms with Gasteiger partial charge in [-0.3, -0.25) is 4.79 Å². The summed E-state index contributed by atoms with van der Waals surface area (Å²) in [4.78, 5) is 20.6. The first kappa shape index (κ1) is 22.2. The van der Waals surface area contributed by atoms with E-state index in [0.717, 1.165) is 22.6 Å². The molecule has 1 aliphatic rings. The maximum Gasteiger partial charge on any atom is 0.223 e. The quantitative estimate of drug-likeness (QED) is 0.600. The highest BCUT2D eigenvalue weighted by molar-refractivity contribution is 6.34. The standard InChI is InChI=1S/C24H29ClN2O3/c1-24(2,3)14-23(28)27(15-17-8-7-9-18(12-17)29-4)16-19-13-22(26-30-19)20-10-5-6-11-21(20)25/h5-12,19H,13-16H2,1-4H3. The molecule has 0 N–H and O–H groups in total. The summed E-state index contributed by atoms with van der Waals surface area (Å²) in [5.41, 5.74) is 2.61.